The summed E-state index contributed by atoms with van der Waals surface area (Å²) < 4.78 is 5.23. The summed E-state index contributed by atoms with van der Waals surface area (Å²) in [5, 5.41) is 8.88. The van der Waals surface area contributed by atoms with Crippen molar-refractivity contribution in [2.24, 2.45) is 0 Å². The quantitative estimate of drug-likeness (QED) is 0.796. The Morgan fingerprint density at radius 3 is 1.68 bits per heavy atom. The molecule has 2 nitrogen and oxygen atoms in total. The predicted octanol–water partition coefficient (Wildman–Crippen LogP) is 5.01. The lowest BCUT2D eigenvalue weighted by Gasteiger charge is -2.29. The highest BCUT2D eigenvalue weighted by Crippen LogP contribution is 2.40. The van der Waals surface area contributed by atoms with E-state index in [0.29, 0.717) is 11.8 Å². The van der Waals surface area contributed by atoms with E-state index in [9.17, 15) is 0 Å². The summed E-state index contributed by atoms with van der Waals surface area (Å²) in [5.41, 5.74) is 3.56. The van der Waals surface area contributed by atoms with E-state index >= 15 is 0 Å². The van der Waals surface area contributed by atoms with Crippen LogP contribution in [0.5, 0.6) is 5.75 Å². The third kappa shape index (κ3) is 3.14. The highest BCUT2D eigenvalue weighted by atomic mass is 16.5. The maximum absolute atomic E-state index is 8.88. The fourth-order valence-electron chi connectivity index (χ4n) is 3.47. The summed E-state index contributed by atoms with van der Waals surface area (Å²) in [7, 11) is 1.71. The molecule has 0 unspecified atom stereocenters. The fourth-order valence-corrected chi connectivity index (χ4v) is 3.47. The molecule has 0 aliphatic heterocycles. The summed E-state index contributed by atoms with van der Waals surface area (Å²) in [5.74, 6) is 2.23. The molecule has 0 radical (unpaired) electrons. The second-order valence-electron chi connectivity index (χ2n) is 6.06. The van der Waals surface area contributed by atoms with Crippen molar-refractivity contribution in [3.05, 3.63) is 65.2 Å². The van der Waals surface area contributed by atoms with Crippen molar-refractivity contribution in [2.45, 2.75) is 37.5 Å². The smallest absolute Gasteiger partial charge is 0.118 e. The van der Waals surface area contributed by atoms with E-state index in [1.54, 1.807) is 7.11 Å². The molecule has 2 aromatic rings. The van der Waals surface area contributed by atoms with Crippen molar-refractivity contribution >= 4 is 0 Å². The molecule has 0 spiro atoms. The molecular formula is C20H21NO. The molecule has 0 heterocycles. The summed E-state index contributed by atoms with van der Waals surface area (Å²) in [6.07, 6.45) is 4.92. The third-order valence-corrected chi connectivity index (χ3v) is 4.83. The van der Waals surface area contributed by atoms with Crippen molar-refractivity contribution in [3.63, 3.8) is 0 Å². The third-order valence-electron chi connectivity index (χ3n) is 4.83. The Labute approximate surface area is 132 Å². The van der Waals surface area contributed by atoms with Crippen LogP contribution in [-0.2, 0) is 0 Å². The van der Waals surface area contributed by atoms with Crippen LogP contribution in [0.25, 0.3) is 0 Å². The molecule has 0 N–H and O–H groups in total. The summed E-state index contributed by atoms with van der Waals surface area (Å²) in [6.45, 7) is 0. The highest BCUT2D eigenvalue weighted by Gasteiger charge is 2.23. The molecule has 1 fully saturated rings. The van der Waals surface area contributed by atoms with Gasteiger partial charge in [-0.05, 0) is 72.9 Å². The fraction of sp³-hybridized carbons (Fsp3) is 0.350. The zero-order valence-electron chi connectivity index (χ0n) is 13.0. The van der Waals surface area contributed by atoms with Gasteiger partial charge in [-0.25, -0.2) is 0 Å². The van der Waals surface area contributed by atoms with Gasteiger partial charge in [0.1, 0.15) is 5.75 Å². The molecule has 112 valence electrons. The number of benzene rings is 2. The summed E-state index contributed by atoms with van der Waals surface area (Å²) in [6, 6.07) is 18.8. The van der Waals surface area contributed by atoms with Crippen LogP contribution in [0.4, 0.5) is 0 Å². The Balaban J connectivity index is 1.62. The minimum atomic E-state index is 0.641. The first-order valence-corrected chi connectivity index (χ1v) is 7.94. The number of nitrogens with zero attached hydrogens (tertiary/aromatic N) is 1. The lowest BCUT2D eigenvalue weighted by atomic mass is 9.76. The lowest BCUT2D eigenvalue weighted by molar-refractivity contribution is 0.394. The largest absolute Gasteiger partial charge is 0.497 e. The second-order valence-corrected chi connectivity index (χ2v) is 6.06. The van der Waals surface area contributed by atoms with Crippen LogP contribution in [0.15, 0.2) is 48.5 Å². The molecule has 0 amide bonds. The predicted molar refractivity (Wildman–Crippen MR) is 88.1 cm³/mol. The number of ether oxygens (including phenoxy) is 1. The van der Waals surface area contributed by atoms with Gasteiger partial charge in [0, 0.05) is 0 Å². The van der Waals surface area contributed by atoms with Gasteiger partial charge in [-0.15, -0.1) is 0 Å². The molecular weight excluding hydrogens is 270 g/mol. The van der Waals surface area contributed by atoms with Gasteiger partial charge >= 0.3 is 0 Å². The van der Waals surface area contributed by atoms with E-state index in [1.165, 1.54) is 36.8 Å². The summed E-state index contributed by atoms with van der Waals surface area (Å²) in [4.78, 5) is 0. The Kier molecular flexibility index (Phi) is 4.44. The maximum atomic E-state index is 8.88. The first kappa shape index (κ1) is 14.7. The molecule has 1 saturated carbocycles. The average molecular weight is 291 g/mol. The van der Waals surface area contributed by atoms with Gasteiger partial charge in [0.2, 0.25) is 0 Å². The molecule has 1 aliphatic carbocycles. The number of hydrogen-bond donors (Lipinski definition) is 0. The van der Waals surface area contributed by atoms with Crippen LogP contribution >= 0.6 is 0 Å². The van der Waals surface area contributed by atoms with Crippen LogP contribution < -0.4 is 4.74 Å². The Morgan fingerprint density at radius 1 is 0.818 bits per heavy atom. The topological polar surface area (TPSA) is 33.0 Å². The summed E-state index contributed by atoms with van der Waals surface area (Å²) >= 11 is 0. The Bertz CT molecular complexity index is 644. The van der Waals surface area contributed by atoms with Crippen molar-refractivity contribution < 1.29 is 4.74 Å². The normalized spacial score (nSPS) is 21.1. The van der Waals surface area contributed by atoms with Crippen LogP contribution in [0, 0.1) is 11.3 Å². The van der Waals surface area contributed by atoms with E-state index in [1.807, 2.05) is 12.1 Å². The molecule has 0 aromatic heterocycles. The minimum Gasteiger partial charge on any atom is -0.497 e. The van der Waals surface area contributed by atoms with Crippen LogP contribution in [0.2, 0.25) is 0 Å². The van der Waals surface area contributed by atoms with Crippen molar-refractivity contribution in [1.82, 2.24) is 0 Å². The van der Waals surface area contributed by atoms with Gasteiger partial charge < -0.3 is 4.74 Å². The first-order chi connectivity index (χ1) is 10.8. The van der Waals surface area contributed by atoms with E-state index in [4.69, 9.17) is 10.00 Å². The molecule has 3 rings (SSSR count). The molecule has 22 heavy (non-hydrogen) atoms. The zero-order chi connectivity index (χ0) is 15.4. The van der Waals surface area contributed by atoms with Crippen molar-refractivity contribution in [1.29, 1.82) is 5.26 Å². The van der Waals surface area contributed by atoms with Gasteiger partial charge in [-0.3, -0.25) is 0 Å². The molecule has 2 heteroatoms. The lowest BCUT2D eigenvalue weighted by Crippen LogP contribution is -2.12. The molecule has 1 aliphatic rings. The number of nitriles is 1. The van der Waals surface area contributed by atoms with Gasteiger partial charge in [0.25, 0.3) is 0 Å². The zero-order valence-corrected chi connectivity index (χ0v) is 13.0. The monoisotopic (exact) mass is 291 g/mol. The average Bonchev–Trinajstić information content (AvgIpc) is 2.62. The van der Waals surface area contributed by atoms with E-state index in [-0.39, 0.29) is 0 Å². The molecule has 0 bridgehead atoms. The number of methoxy groups -OCH3 is 1. The molecule has 0 atom stereocenters. The van der Waals surface area contributed by atoms with E-state index in [0.717, 1.165) is 11.3 Å². The van der Waals surface area contributed by atoms with E-state index < -0.39 is 0 Å². The van der Waals surface area contributed by atoms with Gasteiger partial charge in [-0.1, -0.05) is 24.3 Å². The van der Waals surface area contributed by atoms with E-state index in [2.05, 4.69) is 42.5 Å². The Hall–Kier alpha value is -2.27. The number of rotatable bonds is 3. The van der Waals surface area contributed by atoms with Crippen molar-refractivity contribution in [2.75, 3.05) is 7.11 Å². The SMILES string of the molecule is COc1ccc(C2CCC(c3ccc(C#N)cc3)CC2)cc1. The number of hydrogen-bond acceptors (Lipinski definition) is 2. The Morgan fingerprint density at radius 2 is 1.27 bits per heavy atom. The second kappa shape index (κ2) is 6.66. The van der Waals surface area contributed by atoms with Crippen LogP contribution in [0.1, 0.15) is 54.2 Å². The minimum absolute atomic E-state index is 0.641. The standard InChI is InChI=1S/C20H21NO/c1-22-20-12-10-19(11-13-20)18-8-6-17(7-9-18)16-4-2-15(14-21)3-5-16/h2-5,10-13,17-18H,6-9H2,1H3. The molecule has 2 aromatic carbocycles. The first-order valence-electron chi connectivity index (χ1n) is 7.94. The van der Waals surface area contributed by atoms with Gasteiger partial charge in [-0.2, -0.15) is 5.26 Å². The van der Waals surface area contributed by atoms with Crippen LogP contribution in [-0.4, -0.2) is 7.11 Å². The highest BCUT2D eigenvalue weighted by molar-refractivity contribution is 5.34. The molecule has 0 saturated heterocycles. The van der Waals surface area contributed by atoms with Gasteiger partial charge in [0.05, 0.1) is 18.7 Å². The van der Waals surface area contributed by atoms with Crippen molar-refractivity contribution in [3.8, 4) is 11.8 Å². The van der Waals surface area contributed by atoms with Crippen LogP contribution in [0.3, 0.4) is 0 Å². The van der Waals surface area contributed by atoms with Gasteiger partial charge in [0.15, 0.2) is 0 Å². The maximum Gasteiger partial charge on any atom is 0.118 e.